The summed E-state index contributed by atoms with van der Waals surface area (Å²) < 4.78 is 5.50. The number of nitrogens with zero attached hydrogens (tertiary/aromatic N) is 1. The number of carbonyl (C=O) groups excluding carboxylic acids is 3. The van der Waals surface area contributed by atoms with Crippen LogP contribution in [0.15, 0.2) is 48.5 Å². The average molecular weight is 350 g/mol. The molecule has 0 bridgehead atoms. The van der Waals surface area contributed by atoms with Crippen LogP contribution in [-0.4, -0.2) is 37.0 Å². The van der Waals surface area contributed by atoms with E-state index in [0.717, 1.165) is 24.3 Å². The molecule has 0 radical (unpaired) electrons. The van der Waals surface area contributed by atoms with E-state index in [1.54, 1.807) is 48.5 Å². The molecule has 1 fully saturated rings. The first-order valence-corrected chi connectivity index (χ1v) is 8.63. The second-order valence-corrected chi connectivity index (χ2v) is 6.39. The molecule has 0 aliphatic carbocycles. The number of rotatable bonds is 4. The number of ether oxygens (including phenoxy) is 1. The van der Waals surface area contributed by atoms with Crippen LogP contribution in [0.25, 0.3) is 0 Å². The monoisotopic (exact) mass is 350 g/mol. The normalized spacial score (nSPS) is 18.9. The van der Waals surface area contributed by atoms with Crippen LogP contribution in [0.3, 0.4) is 0 Å². The topological polar surface area (TPSA) is 75.7 Å². The fraction of sp³-hybridized carbons (Fsp3) is 0.250. The summed E-state index contributed by atoms with van der Waals surface area (Å²) in [4.78, 5) is 38.7. The van der Waals surface area contributed by atoms with E-state index in [1.807, 2.05) is 0 Å². The molecular formula is C20H18N2O4. The Bertz CT molecular complexity index is 852. The first-order valence-electron chi connectivity index (χ1n) is 8.63. The van der Waals surface area contributed by atoms with Gasteiger partial charge in [0.1, 0.15) is 0 Å². The molecule has 4 rings (SSSR count). The van der Waals surface area contributed by atoms with Crippen LogP contribution in [0.4, 0.5) is 5.69 Å². The number of fused-ring (bicyclic) bond motifs is 1. The van der Waals surface area contributed by atoms with Gasteiger partial charge in [-0.2, -0.15) is 0 Å². The molecule has 2 aromatic carbocycles. The van der Waals surface area contributed by atoms with Crippen LogP contribution in [-0.2, 0) is 4.74 Å². The highest BCUT2D eigenvalue weighted by Gasteiger charge is 2.36. The third-order valence-electron chi connectivity index (χ3n) is 4.67. The molecule has 2 heterocycles. The maximum absolute atomic E-state index is 12.6. The molecule has 132 valence electrons. The van der Waals surface area contributed by atoms with Crippen LogP contribution < -0.4 is 10.2 Å². The van der Waals surface area contributed by atoms with Gasteiger partial charge in [-0.1, -0.05) is 18.2 Å². The first kappa shape index (κ1) is 16.5. The van der Waals surface area contributed by atoms with Crippen molar-refractivity contribution in [3.8, 4) is 0 Å². The summed E-state index contributed by atoms with van der Waals surface area (Å²) in [5.74, 6) is -0.996. The maximum atomic E-state index is 12.6. The molecule has 1 atom stereocenters. The molecule has 1 saturated heterocycles. The van der Waals surface area contributed by atoms with Crippen molar-refractivity contribution in [1.82, 2.24) is 5.32 Å². The molecule has 3 amide bonds. The smallest absolute Gasteiger partial charge is 0.266 e. The number of anilines is 1. The number of hydrogen-bond acceptors (Lipinski definition) is 4. The van der Waals surface area contributed by atoms with Crippen molar-refractivity contribution >= 4 is 23.4 Å². The van der Waals surface area contributed by atoms with Crippen LogP contribution in [0.1, 0.15) is 43.9 Å². The zero-order valence-corrected chi connectivity index (χ0v) is 14.1. The summed E-state index contributed by atoms with van der Waals surface area (Å²) in [5.41, 5.74) is 1.55. The van der Waals surface area contributed by atoms with Crippen molar-refractivity contribution in [3.63, 3.8) is 0 Å². The Kier molecular flexibility index (Phi) is 4.26. The van der Waals surface area contributed by atoms with Crippen LogP contribution in [0.5, 0.6) is 0 Å². The second kappa shape index (κ2) is 6.72. The minimum atomic E-state index is -0.373. The lowest BCUT2D eigenvalue weighted by molar-refractivity contribution is 0.0856. The minimum absolute atomic E-state index is 0.0540. The standard InChI is InChI=1S/C20H18N2O4/c23-18(21-12-15-7-4-10-26-15)13-5-3-6-14(11-13)22-19(24)16-8-1-2-9-17(16)20(22)25/h1-3,5-6,8-9,11,15H,4,7,10,12H2,(H,21,23)/t15-/m0/s1. The van der Waals surface area contributed by atoms with E-state index < -0.39 is 0 Å². The quantitative estimate of drug-likeness (QED) is 0.859. The fourth-order valence-corrected chi connectivity index (χ4v) is 3.32. The molecule has 6 heteroatoms. The lowest BCUT2D eigenvalue weighted by Crippen LogP contribution is -2.32. The SMILES string of the molecule is O=C(NC[C@@H]1CCCO1)c1cccc(N2C(=O)c3ccccc3C2=O)c1. The third-order valence-corrected chi connectivity index (χ3v) is 4.67. The zero-order chi connectivity index (χ0) is 18.1. The van der Waals surface area contributed by atoms with E-state index in [2.05, 4.69) is 5.32 Å². The Morgan fingerprint density at radius 2 is 1.81 bits per heavy atom. The predicted octanol–water partition coefficient (Wildman–Crippen LogP) is 2.40. The molecule has 0 saturated carbocycles. The van der Waals surface area contributed by atoms with Gasteiger partial charge in [-0.25, -0.2) is 4.90 Å². The largest absolute Gasteiger partial charge is 0.376 e. The van der Waals surface area contributed by atoms with E-state index in [0.29, 0.717) is 28.9 Å². The number of carbonyl (C=O) groups is 3. The van der Waals surface area contributed by atoms with Gasteiger partial charge in [0.15, 0.2) is 0 Å². The van der Waals surface area contributed by atoms with Crippen molar-refractivity contribution in [2.75, 3.05) is 18.1 Å². The van der Waals surface area contributed by atoms with Crippen LogP contribution >= 0.6 is 0 Å². The Labute approximate surface area is 150 Å². The molecule has 2 aromatic rings. The summed E-state index contributed by atoms with van der Waals surface area (Å²) in [5, 5.41) is 2.85. The summed E-state index contributed by atoms with van der Waals surface area (Å²) in [7, 11) is 0. The summed E-state index contributed by atoms with van der Waals surface area (Å²) >= 11 is 0. The van der Waals surface area contributed by atoms with E-state index in [9.17, 15) is 14.4 Å². The first-order chi connectivity index (χ1) is 12.6. The van der Waals surface area contributed by atoms with Gasteiger partial charge >= 0.3 is 0 Å². The van der Waals surface area contributed by atoms with Crippen molar-refractivity contribution in [2.45, 2.75) is 18.9 Å². The Hall–Kier alpha value is -2.99. The average Bonchev–Trinajstić information content (AvgIpc) is 3.27. The Morgan fingerprint density at radius 3 is 2.46 bits per heavy atom. The highest BCUT2D eigenvalue weighted by molar-refractivity contribution is 6.34. The molecule has 26 heavy (non-hydrogen) atoms. The predicted molar refractivity (Wildman–Crippen MR) is 95.3 cm³/mol. The van der Waals surface area contributed by atoms with Gasteiger partial charge in [0.05, 0.1) is 22.9 Å². The van der Waals surface area contributed by atoms with Crippen molar-refractivity contribution in [3.05, 3.63) is 65.2 Å². The van der Waals surface area contributed by atoms with Crippen molar-refractivity contribution < 1.29 is 19.1 Å². The fourth-order valence-electron chi connectivity index (χ4n) is 3.32. The summed E-state index contributed by atoms with van der Waals surface area (Å²) in [6.45, 7) is 1.19. The van der Waals surface area contributed by atoms with Crippen molar-refractivity contribution in [1.29, 1.82) is 0 Å². The molecule has 0 unspecified atom stereocenters. The van der Waals surface area contributed by atoms with Gasteiger partial charge in [-0.05, 0) is 43.2 Å². The molecule has 6 nitrogen and oxygen atoms in total. The number of nitrogens with one attached hydrogen (secondary N) is 1. The summed E-state index contributed by atoms with van der Waals surface area (Å²) in [6.07, 6.45) is 2.00. The number of benzene rings is 2. The maximum Gasteiger partial charge on any atom is 0.266 e. The summed E-state index contributed by atoms with van der Waals surface area (Å²) in [6, 6.07) is 13.3. The van der Waals surface area contributed by atoms with E-state index in [1.165, 1.54) is 0 Å². The molecule has 2 aliphatic heterocycles. The second-order valence-electron chi connectivity index (χ2n) is 6.39. The molecular weight excluding hydrogens is 332 g/mol. The number of amides is 3. The van der Waals surface area contributed by atoms with Gasteiger partial charge in [0, 0.05) is 18.7 Å². The van der Waals surface area contributed by atoms with Gasteiger partial charge in [-0.3, -0.25) is 14.4 Å². The lowest BCUT2D eigenvalue weighted by atomic mass is 10.1. The van der Waals surface area contributed by atoms with Crippen LogP contribution in [0, 0.1) is 0 Å². The minimum Gasteiger partial charge on any atom is -0.376 e. The highest BCUT2D eigenvalue weighted by Crippen LogP contribution is 2.28. The molecule has 2 aliphatic rings. The van der Waals surface area contributed by atoms with E-state index in [-0.39, 0.29) is 23.8 Å². The third kappa shape index (κ3) is 2.88. The highest BCUT2D eigenvalue weighted by atomic mass is 16.5. The Morgan fingerprint density at radius 1 is 1.08 bits per heavy atom. The van der Waals surface area contributed by atoms with E-state index >= 15 is 0 Å². The van der Waals surface area contributed by atoms with Crippen molar-refractivity contribution in [2.24, 2.45) is 0 Å². The van der Waals surface area contributed by atoms with Gasteiger partial charge in [0.25, 0.3) is 17.7 Å². The van der Waals surface area contributed by atoms with Gasteiger partial charge < -0.3 is 10.1 Å². The molecule has 0 aromatic heterocycles. The molecule has 1 N–H and O–H groups in total. The van der Waals surface area contributed by atoms with E-state index in [4.69, 9.17) is 4.74 Å². The van der Waals surface area contributed by atoms with Crippen LogP contribution in [0.2, 0.25) is 0 Å². The Balaban J connectivity index is 1.54. The molecule has 0 spiro atoms. The lowest BCUT2D eigenvalue weighted by Gasteiger charge is -2.15. The van der Waals surface area contributed by atoms with Gasteiger partial charge in [-0.15, -0.1) is 0 Å². The number of hydrogen-bond donors (Lipinski definition) is 1. The number of imide groups is 1. The zero-order valence-electron chi connectivity index (χ0n) is 14.1. The van der Waals surface area contributed by atoms with Gasteiger partial charge in [0.2, 0.25) is 0 Å².